The standard InChI is InChI=1S/C61H94N8O9/c1-37(2)17-18-39(5)44-21-22-45-43-20-19-41-34-42(25-27-60(41,6)46(43)26-28-61(44,45)7)78-53(71)35-63-55(73)49-14-10-30-67(49)58(76)48(33-38(3)4)65-54(72)47(23-24-52(62)70)64-56(74)50-15-11-31-68(50)59(77)51-16-12-32-69(51)57(75)40-13-9-29-66(8)36-40/h9,19,29,36-39,42-51H,10-18,20-28,30-35H2,1-8H3,(H2,62,70)(H,63,73)(H,64,74)(H,65,72)/t39?,42?,43?,44?,45?,46?,47-,48-,49-,50-,51-,60?,61?/m0/s1. The van der Waals surface area contributed by atoms with Gasteiger partial charge in [-0.05, 0) is 161 Å². The molecule has 4 heterocycles. The van der Waals surface area contributed by atoms with Gasteiger partial charge in [0.05, 0.1) is 0 Å². The van der Waals surface area contributed by atoms with Gasteiger partial charge in [0.25, 0.3) is 5.91 Å². The SMILES string of the molecule is CC(C)CCC(C)C1CCC2C3CC=C4CC(OC(=O)CNC(=O)[C@@H]5CCCN5C(=O)[C@H](CC(C)C)NC(=O)[C@H](CCC(N)=O)NC(=O)[C@@H]5CCCN5C(=O)[C@@H]5CCCN5C(=O)C5=CN(C)C=CC5)CCC4(C)C3CCC12C. The van der Waals surface area contributed by atoms with Crippen molar-refractivity contribution >= 4 is 47.3 Å². The van der Waals surface area contributed by atoms with Crippen molar-refractivity contribution in [1.82, 2.24) is 35.6 Å². The van der Waals surface area contributed by atoms with Crippen LogP contribution in [0.1, 0.15) is 177 Å². The number of carbonyl (C=O) groups is 8. The van der Waals surface area contributed by atoms with Crippen LogP contribution in [0.25, 0.3) is 0 Å². The lowest BCUT2D eigenvalue weighted by molar-refractivity contribution is -0.152. The molecule has 8 rings (SSSR count). The van der Waals surface area contributed by atoms with Crippen molar-refractivity contribution in [2.75, 3.05) is 33.2 Å². The van der Waals surface area contributed by atoms with Crippen molar-refractivity contribution in [3.8, 4) is 0 Å². The molecule has 0 aromatic rings. The monoisotopic (exact) mass is 1080 g/mol. The van der Waals surface area contributed by atoms with Gasteiger partial charge >= 0.3 is 5.97 Å². The first kappa shape index (κ1) is 58.9. The first-order chi connectivity index (χ1) is 37.1. The minimum atomic E-state index is -1.28. The molecule has 0 aromatic heterocycles. The third-order valence-corrected chi connectivity index (χ3v) is 20.1. The second-order valence-electron chi connectivity index (χ2n) is 26.2. The van der Waals surface area contributed by atoms with Crippen LogP contribution in [0.5, 0.6) is 0 Å². The Labute approximate surface area is 464 Å². The third kappa shape index (κ3) is 12.8. The molecule has 0 radical (unpaired) electrons. The summed E-state index contributed by atoms with van der Waals surface area (Å²) >= 11 is 0. The molecule has 3 saturated carbocycles. The molecule has 0 aromatic carbocycles. The van der Waals surface area contributed by atoms with Gasteiger partial charge < -0.3 is 46.0 Å². The lowest BCUT2D eigenvalue weighted by Gasteiger charge is -2.58. The molecule has 432 valence electrons. The summed E-state index contributed by atoms with van der Waals surface area (Å²) in [4.78, 5) is 116. The number of likely N-dealkylation sites (tertiary alicyclic amines) is 3. The lowest BCUT2D eigenvalue weighted by atomic mass is 9.47. The van der Waals surface area contributed by atoms with Crippen molar-refractivity contribution in [3.63, 3.8) is 0 Å². The number of allylic oxidation sites excluding steroid dienone is 2. The van der Waals surface area contributed by atoms with Crippen molar-refractivity contribution < 1.29 is 43.1 Å². The number of nitrogens with one attached hydrogen (secondary N) is 3. The van der Waals surface area contributed by atoms with Crippen LogP contribution in [-0.4, -0.2) is 136 Å². The predicted octanol–water partition coefficient (Wildman–Crippen LogP) is 6.65. The molecule has 13 atom stereocenters. The summed E-state index contributed by atoms with van der Waals surface area (Å²) in [6.07, 6.45) is 22.5. The Morgan fingerprint density at radius 1 is 0.744 bits per heavy atom. The number of hydrogen-bond donors (Lipinski definition) is 4. The highest BCUT2D eigenvalue weighted by atomic mass is 16.5. The highest BCUT2D eigenvalue weighted by Gasteiger charge is 2.59. The van der Waals surface area contributed by atoms with Crippen LogP contribution in [0.4, 0.5) is 0 Å². The van der Waals surface area contributed by atoms with Crippen molar-refractivity contribution in [2.45, 2.75) is 213 Å². The molecule has 17 heteroatoms. The minimum Gasteiger partial charge on any atom is -0.461 e. The van der Waals surface area contributed by atoms with Crippen molar-refractivity contribution in [3.05, 3.63) is 35.7 Å². The normalized spacial score (nSPS) is 31.6. The number of fused-ring (bicyclic) bond motifs is 5. The summed E-state index contributed by atoms with van der Waals surface area (Å²) in [5.41, 5.74) is 8.07. The fourth-order valence-electron chi connectivity index (χ4n) is 16.1. The van der Waals surface area contributed by atoms with E-state index in [-0.39, 0.29) is 61.6 Å². The maximum Gasteiger partial charge on any atom is 0.325 e. The van der Waals surface area contributed by atoms with Gasteiger partial charge in [0, 0.05) is 51.3 Å². The first-order valence-electron chi connectivity index (χ1n) is 30.2. The van der Waals surface area contributed by atoms with E-state index in [0.29, 0.717) is 87.3 Å². The summed E-state index contributed by atoms with van der Waals surface area (Å²) in [5, 5.41) is 8.39. The molecule has 17 nitrogen and oxygen atoms in total. The van der Waals surface area contributed by atoms with Crippen LogP contribution < -0.4 is 21.7 Å². The zero-order valence-electron chi connectivity index (χ0n) is 48.3. The van der Waals surface area contributed by atoms with Crippen LogP contribution in [0.3, 0.4) is 0 Å². The molecule has 5 N–H and O–H groups in total. The molecule has 4 aliphatic carbocycles. The Hall–Kier alpha value is -5.22. The van der Waals surface area contributed by atoms with Gasteiger partial charge in [0.1, 0.15) is 42.9 Å². The van der Waals surface area contributed by atoms with E-state index < -0.39 is 65.7 Å². The van der Waals surface area contributed by atoms with E-state index >= 15 is 0 Å². The molecule has 8 unspecified atom stereocenters. The highest BCUT2D eigenvalue weighted by Crippen LogP contribution is 2.67. The van der Waals surface area contributed by atoms with Gasteiger partial charge in [-0.1, -0.05) is 79.0 Å². The summed E-state index contributed by atoms with van der Waals surface area (Å²) in [6.45, 7) is 16.8. The van der Waals surface area contributed by atoms with Gasteiger partial charge in [-0.3, -0.25) is 38.4 Å². The van der Waals surface area contributed by atoms with E-state index in [4.69, 9.17) is 10.5 Å². The van der Waals surface area contributed by atoms with E-state index in [1.165, 1.54) is 53.9 Å². The van der Waals surface area contributed by atoms with Gasteiger partial charge in [0.2, 0.25) is 35.4 Å². The Morgan fingerprint density at radius 3 is 2.13 bits per heavy atom. The first-order valence-corrected chi connectivity index (χ1v) is 30.2. The molecular weight excluding hydrogens is 989 g/mol. The lowest BCUT2D eigenvalue weighted by Crippen LogP contribution is -2.59. The molecular formula is C61H94N8O9. The number of amides is 7. The molecule has 78 heavy (non-hydrogen) atoms. The highest BCUT2D eigenvalue weighted by molar-refractivity contribution is 6.00. The van der Waals surface area contributed by atoms with Crippen LogP contribution in [0.15, 0.2) is 35.7 Å². The van der Waals surface area contributed by atoms with Gasteiger partial charge in [0.15, 0.2) is 0 Å². The van der Waals surface area contributed by atoms with Crippen LogP contribution in [0, 0.1) is 52.3 Å². The number of rotatable bonds is 20. The Kier molecular flexibility index (Phi) is 18.9. The fourth-order valence-corrected chi connectivity index (χ4v) is 16.1. The summed E-state index contributed by atoms with van der Waals surface area (Å²) in [6, 6.07) is -4.87. The Balaban J connectivity index is 0.841. The van der Waals surface area contributed by atoms with E-state index in [2.05, 4.69) is 56.6 Å². The van der Waals surface area contributed by atoms with E-state index in [0.717, 1.165) is 42.9 Å². The number of hydrogen-bond acceptors (Lipinski definition) is 10. The minimum absolute atomic E-state index is 0.0652. The molecule has 4 aliphatic heterocycles. The molecule has 0 spiro atoms. The van der Waals surface area contributed by atoms with E-state index in [1.807, 2.05) is 33.2 Å². The Bertz CT molecular complexity index is 2370. The summed E-state index contributed by atoms with van der Waals surface area (Å²) in [7, 11) is 1.84. The second-order valence-corrected chi connectivity index (χ2v) is 26.2. The summed E-state index contributed by atoms with van der Waals surface area (Å²) in [5.74, 6) is 0.438. The largest absolute Gasteiger partial charge is 0.461 e. The number of esters is 1. The fraction of sp³-hybridized carbons (Fsp3) is 0.770. The molecule has 0 bridgehead atoms. The maximum atomic E-state index is 14.5. The zero-order chi connectivity index (χ0) is 56.2. The van der Waals surface area contributed by atoms with Gasteiger partial charge in [-0.25, -0.2) is 0 Å². The summed E-state index contributed by atoms with van der Waals surface area (Å²) < 4.78 is 6.07. The van der Waals surface area contributed by atoms with Crippen LogP contribution in [0.2, 0.25) is 0 Å². The van der Waals surface area contributed by atoms with Gasteiger partial charge in [-0.15, -0.1) is 0 Å². The molecule has 3 saturated heterocycles. The van der Waals surface area contributed by atoms with Crippen molar-refractivity contribution in [1.29, 1.82) is 0 Å². The van der Waals surface area contributed by atoms with E-state index in [9.17, 15) is 38.4 Å². The number of ether oxygens (including phenoxy) is 1. The molecule has 7 amide bonds. The van der Waals surface area contributed by atoms with Crippen molar-refractivity contribution in [2.24, 2.45) is 58.0 Å². The topological polar surface area (TPSA) is 221 Å². The predicted molar refractivity (Wildman–Crippen MR) is 297 cm³/mol. The molecule has 6 fully saturated rings. The number of nitrogens with two attached hydrogens (primary N) is 1. The van der Waals surface area contributed by atoms with Gasteiger partial charge in [-0.2, -0.15) is 0 Å². The smallest absolute Gasteiger partial charge is 0.325 e. The average Bonchev–Trinajstić information content (AvgIpc) is 4.39. The quantitative estimate of drug-likeness (QED) is 0.0751. The van der Waals surface area contributed by atoms with E-state index in [1.54, 1.807) is 16.0 Å². The van der Waals surface area contributed by atoms with Crippen LogP contribution >= 0.6 is 0 Å². The number of primary amides is 1. The molecule has 8 aliphatic rings. The number of nitrogens with zero attached hydrogens (tertiary/aromatic N) is 4. The Morgan fingerprint density at radius 2 is 1.44 bits per heavy atom. The average molecular weight is 1080 g/mol. The number of carbonyl (C=O) groups excluding carboxylic acids is 8. The maximum absolute atomic E-state index is 14.5. The zero-order valence-corrected chi connectivity index (χ0v) is 48.3. The second kappa shape index (κ2) is 25.1. The van der Waals surface area contributed by atoms with Crippen LogP contribution in [-0.2, 0) is 43.1 Å². The third-order valence-electron chi connectivity index (χ3n) is 20.1.